The van der Waals surface area contributed by atoms with Gasteiger partial charge in [0.2, 0.25) is 0 Å². The van der Waals surface area contributed by atoms with Crippen molar-refractivity contribution in [1.29, 1.82) is 0 Å². The highest BCUT2D eigenvalue weighted by Crippen LogP contribution is 2.28. The topological polar surface area (TPSA) is 17.1 Å². The quantitative estimate of drug-likeness (QED) is 0.694. The monoisotopic (exact) mass is 248 g/mol. The number of Topliss-reactive ketones (excluding diaryl/α,β-unsaturated/α-hetero) is 1. The molecule has 0 fully saturated rings. The second-order valence-corrected chi connectivity index (χ2v) is 5.19. The summed E-state index contributed by atoms with van der Waals surface area (Å²) in [6.07, 6.45) is 2.80. The lowest BCUT2D eigenvalue weighted by atomic mass is 10.0. The molecule has 19 heavy (non-hydrogen) atoms. The van der Waals surface area contributed by atoms with E-state index in [1.807, 2.05) is 30.3 Å². The van der Waals surface area contributed by atoms with E-state index >= 15 is 0 Å². The van der Waals surface area contributed by atoms with Gasteiger partial charge < -0.3 is 0 Å². The van der Waals surface area contributed by atoms with Crippen LogP contribution in [-0.2, 0) is 6.42 Å². The van der Waals surface area contributed by atoms with Gasteiger partial charge in [-0.1, -0.05) is 48.0 Å². The highest BCUT2D eigenvalue weighted by Gasteiger charge is 2.23. The van der Waals surface area contributed by atoms with Gasteiger partial charge in [-0.05, 0) is 36.6 Å². The van der Waals surface area contributed by atoms with Gasteiger partial charge in [0.1, 0.15) is 0 Å². The molecule has 0 radical (unpaired) electrons. The molecular formula is C18H16O. The Kier molecular flexibility index (Phi) is 2.83. The summed E-state index contributed by atoms with van der Waals surface area (Å²) in [5, 5.41) is 0. The fraction of sp³-hybridized carbons (Fsp3) is 0.167. The molecular weight excluding hydrogens is 232 g/mol. The van der Waals surface area contributed by atoms with Crippen molar-refractivity contribution in [3.8, 4) is 0 Å². The van der Waals surface area contributed by atoms with Crippen LogP contribution in [0.4, 0.5) is 0 Å². The number of allylic oxidation sites excluding steroid dienone is 1. The zero-order valence-electron chi connectivity index (χ0n) is 11.2. The molecule has 0 aromatic heterocycles. The third-order valence-electron chi connectivity index (χ3n) is 3.70. The first-order chi connectivity index (χ1) is 9.15. The van der Waals surface area contributed by atoms with Crippen LogP contribution in [0.1, 0.15) is 32.6 Å². The normalized spacial score (nSPS) is 15.9. The molecule has 0 amide bonds. The maximum absolute atomic E-state index is 12.3. The number of carbonyl (C=O) groups is 1. The average Bonchev–Trinajstić information content (AvgIpc) is 2.72. The van der Waals surface area contributed by atoms with Crippen molar-refractivity contribution in [2.24, 2.45) is 0 Å². The molecule has 2 aromatic rings. The van der Waals surface area contributed by atoms with Crippen LogP contribution in [0.5, 0.6) is 0 Å². The lowest BCUT2D eigenvalue weighted by Crippen LogP contribution is -1.95. The molecule has 1 nitrogen and oxygen atoms in total. The molecule has 0 aliphatic heterocycles. The number of carbonyl (C=O) groups excluding carboxylic acids is 1. The lowest BCUT2D eigenvalue weighted by molar-refractivity contribution is 0.104. The van der Waals surface area contributed by atoms with Gasteiger partial charge in [0.15, 0.2) is 5.78 Å². The van der Waals surface area contributed by atoms with E-state index < -0.39 is 0 Å². The average molecular weight is 248 g/mol. The molecule has 1 aliphatic carbocycles. The molecule has 0 bridgehead atoms. The van der Waals surface area contributed by atoms with Crippen molar-refractivity contribution in [2.45, 2.75) is 20.3 Å². The van der Waals surface area contributed by atoms with E-state index in [4.69, 9.17) is 0 Å². The molecule has 1 heteroatoms. The first kappa shape index (κ1) is 11.9. The number of fused-ring (bicyclic) bond motifs is 1. The molecule has 0 heterocycles. The standard InChI is InChI=1S/C18H16O/c1-12-7-8-13(2)15(9-12)11-16-10-14-5-3-4-6-17(14)18(16)19/h3-9,11H,10H2,1-2H3/b16-11-. The molecule has 0 saturated carbocycles. The zero-order chi connectivity index (χ0) is 13.4. The molecule has 2 aromatic carbocycles. The van der Waals surface area contributed by atoms with Crippen LogP contribution in [-0.4, -0.2) is 5.78 Å². The zero-order valence-corrected chi connectivity index (χ0v) is 11.2. The second-order valence-electron chi connectivity index (χ2n) is 5.19. The second kappa shape index (κ2) is 4.51. The van der Waals surface area contributed by atoms with Crippen LogP contribution in [0.3, 0.4) is 0 Å². The van der Waals surface area contributed by atoms with E-state index in [0.29, 0.717) is 0 Å². The van der Waals surface area contributed by atoms with Gasteiger partial charge in [0.25, 0.3) is 0 Å². The maximum atomic E-state index is 12.3. The number of hydrogen-bond donors (Lipinski definition) is 0. The first-order valence-corrected chi connectivity index (χ1v) is 6.55. The minimum absolute atomic E-state index is 0.177. The Morgan fingerprint density at radius 3 is 2.63 bits per heavy atom. The highest BCUT2D eigenvalue weighted by molar-refractivity contribution is 6.15. The van der Waals surface area contributed by atoms with Crippen LogP contribution < -0.4 is 0 Å². The molecule has 0 N–H and O–H groups in total. The van der Waals surface area contributed by atoms with Gasteiger partial charge in [0, 0.05) is 17.6 Å². The number of ketones is 1. The Hall–Kier alpha value is -2.15. The van der Waals surface area contributed by atoms with Crippen LogP contribution >= 0.6 is 0 Å². The minimum Gasteiger partial charge on any atom is -0.289 e. The molecule has 3 rings (SSSR count). The van der Waals surface area contributed by atoms with Crippen molar-refractivity contribution >= 4 is 11.9 Å². The summed E-state index contributed by atoms with van der Waals surface area (Å²) in [6.45, 7) is 4.16. The largest absolute Gasteiger partial charge is 0.289 e. The van der Waals surface area contributed by atoms with Crippen molar-refractivity contribution in [1.82, 2.24) is 0 Å². The first-order valence-electron chi connectivity index (χ1n) is 6.55. The van der Waals surface area contributed by atoms with Crippen molar-refractivity contribution in [3.05, 3.63) is 75.9 Å². The van der Waals surface area contributed by atoms with Crippen LogP contribution in [0, 0.1) is 13.8 Å². The maximum Gasteiger partial charge on any atom is 0.189 e. The smallest absolute Gasteiger partial charge is 0.189 e. The Labute approximate surface area is 113 Å². The summed E-state index contributed by atoms with van der Waals surface area (Å²) in [4.78, 5) is 12.3. The predicted molar refractivity (Wildman–Crippen MR) is 78.4 cm³/mol. The van der Waals surface area contributed by atoms with E-state index in [9.17, 15) is 4.79 Å². The van der Waals surface area contributed by atoms with E-state index in [-0.39, 0.29) is 5.78 Å². The Bertz CT molecular complexity index is 693. The summed E-state index contributed by atoms with van der Waals surface area (Å²) >= 11 is 0. The Morgan fingerprint density at radius 1 is 1.05 bits per heavy atom. The third-order valence-corrected chi connectivity index (χ3v) is 3.70. The van der Waals surface area contributed by atoms with Gasteiger partial charge >= 0.3 is 0 Å². The molecule has 94 valence electrons. The van der Waals surface area contributed by atoms with Gasteiger partial charge in [-0.15, -0.1) is 0 Å². The van der Waals surface area contributed by atoms with Crippen molar-refractivity contribution < 1.29 is 4.79 Å². The fourth-order valence-corrected chi connectivity index (χ4v) is 2.57. The lowest BCUT2D eigenvalue weighted by Gasteiger charge is -2.03. The van der Waals surface area contributed by atoms with Gasteiger partial charge in [-0.3, -0.25) is 4.79 Å². The van der Waals surface area contributed by atoms with E-state index in [0.717, 1.165) is 28.7 Å². The molecule has 1 aliphatic rings. The molecule has 0 unspecified atom stereocenters. The third kappa shape index (κ3) is 2.12. The van der Waals surface area contributed by atoms with Crippen LogP contribution in [0.25, 0.3) is 6.08 Å². The number of benzene rings is 2. The van der Waals surface area contributed by atoms with E-state index in [2.05, 4.69) is 32.0 Å². The summed E-state index contributed by atoms with van der Waals surface area (Å²) in [7, 11) is 0. The van der Waals surface area contributed by atoms with Crippen LogP contribution in [0.2, 0.25) is 0 Å². The predicted octanol–water partition coefficient (Wildman–Crippen LogP) is 4.13. The van der Waals surface area contributed by atoms with Gasteiger partial charge in [0.05, 0.1) is 0 Å². The van der Waals surface area contributed by atoms with E-state index in [1.165, 1.54) is 11.1 Å². The Morgan fingerprint density at radius 2 is 1.84 bits per heavy atom. The SMILES string of the molecule is Cc1ccc(C)c(/C=C2/Cc3ccccc3C2=O)c1. The molecule has 0 spiro atoms. The van der Waals surface area contributed by atoms with Gasteiger partial charge in [-0.2, -0.15) is 0 Å². The number of aryl methyl sites for hydroxylation is 2. The summed E-state index contributed by atoms with van der Waals surface area (Å²) in [5.41, 5.74) is 6.48. The van der Waals surface area contributed by atoms with Crippen molar-refractivity contribution in [3.63, 3.8) is 0 Å². The highest BCUT2D eigenvalue weighted by atomic mass is 16.1. The minimum atomic E-state index is 0.177. The molecule has 0 saturated heterocycles. The summed E-state index contributed by atoms with van der Waals surface area (Å²) < 4.78 is 0. The summed E-state index contributed by atoms with van der Waals surface area (Å²) in [5.74, 6) is 0.177. The van der Waals surface area contributed by atoms with E-state index in [1.54, 1.807) is 0 Å². The van der Waals surface area contributed by atoms with Crippen LogP contribution in [0.15, 0.2) is 48.0 Å². The summed E-state index contributed by atoms with van der Waals surface area (Å²) in [6, 6.07) is 14.2. The fourth-order valence-electron chi connectivity index (χ4n) is 2.57. The van der Waals surface area contributed by atoms with Gasteiger partial charge in [-0.25, -0.2) is 0 Å². The molecule has 0 atom stereocenters. The van der Waals surface area contributed by atoms with Crippen molar-refractivity contribution in [2.75, 3.05) is 0 Å². The number of hydrogen-bond acceptors (Lipinski definition) is 1. The Balaban J connectivity index is 2.03. The number of rotatable bonds is 1.